The standard InChI is InChI=1S/C20H23N7O2/c1-14(18(28)25-19-23-15-6-2-3-7-16(15)24-19)22-20(29)27-12-10-26(11-13-27)17-8-4-5-9-21-17/h2-9,14H,10-13H2,1H3,(H,22,29)(H2,23,24,25,28). The average Bonchev–Trinajstić information content (AvgIpc) is 3.16. The van der Waals surface area contributed by atoms with Crippen molar-refractivity contribution in [3.63, 3.8) is 0 Å². The number of carbonyl (C=O) groups is 2. The van der Waals surface area contributed by atoms with Crippen LogP contribution in [0.3, 0.4) is 0 Å². The van der Waals surface area contributed by atoms with E-state index >= 15 is 0 Å². The van der Waals surface area contributed by atoms with Gasteiger partial charge in [0.05, 0.1) is 11.0 Å². The molecule has 1 aliphatic rings. The van der Waals surface area contributed by atoms with Gasteiger partial charge in [0, 0.05) is 32.4 Å². The molecule has 3 amide bonds. The molecular formula is C20H23N7O2. The predicted octanol–water partition coefficient (Wildman–Crippen LogP) is 1.82. The Hall–Kier alpha value is -3.62. The molecule has 2 aromatic heterocycles. The summed E-state index contributed by atoms with van der Waals surface area (Å²) in [7, 11) is 0. The van der Waals surface area contributed by atoms with Crippen LogP contribution in [0.15, 0.2) is 48.7 Å². The fourth-order valence-electron chi connectivity index (χ4n) is 3.26. The van der Waals surface area contributed by atoms with Gasteiger partial charge >= 0.3 is 6.03 Å². The molecule has 0 saturated carbocycles. The Bertz CT molecular complexity index is 963. The van der Waals surface area contributed by atoms with Gasteiger partial charge < -0.3 is 20.1 Å². The fraction of sp³-hybridized carbons (Fsp3) is 0.300. The number of piperazine rings is 1. The number of pyridine rings is 1. The summed E-state index contributed by atoms with van der Waals surface area (Å²) in [6.45, 7) is 4.19. The molecule has 1 aliphatic heterocycles. The van der Waals surface area contributed by atoms with E-state index in [1.54, 1.807) is 18.0 Å². The number of carbonyl (C=O) groups excluding carboxylic acids is 2. The van der Waals surface area contributed by atoms with Crippen LogP contribution in [-0.2, 0) is 4.79 Å². The maximum Gasteiger partial charge on any atom is 0.318 e. The minimum atomic E-state index is -0.690. The van der Waals surface area contributed by atoms with Crippen LogP contribution < -0.4 is 15.5 Å². The van der Waals surface area contributed by atoms with Crippen LogP contribution in [0.1, 0.15) is 6.92 Å². The lowest BCUT2D eigenvalue weighted by Crippen LogP contribution is -2.54. The summed E-state index contributed by atoms with van der Waals surface area (Å²) < 4.78 is 0. The highest BCUT2D eigenvalue weighted by molar-refractivity contribution is 5.96. The SMILES string of the molecule is CC(NC(=O)N1CCN(c2ccccn2)CC1)C(=O)Nc1nc2ccccc2[nH]1. The van der Waals surface area contributed by atoms with Crippen LogP contribution >= 0.6 is 0 Å². The van der Waals surface area contributed by atoms with E-state index in [-0.39, 0.29) is 11.9 Å². The van der Waals surface area contributed by atoms with Crippen LogP contribution in [0.5, 0.6) is 0 Å². The first kappa shape index (κ1) is 18.7. The summed E-state index contributed by atoms with van der Waals surface area (Å²) in [5.74, 6) is 0.942. The maximum absolute atomic E-state index is 12.5. The maximum atomic E-state index is 12.5. The van der Waals surface area contributed by atoms with E-state index < -0.39 is 6.04 Å². The molecule has 9 nitrogen and oxygen atoms in total. The minimum absolute atomic E-state index is 0.252. The molecule has 3 aromatic rings. The Kier molecular flexibility index (Phi) is 5.28. The van der Waals surface area contributed by atoms with Gasteiger partial charge in [0.25, 0.3) is 0 Å². The number of nitrogens with zero attached hydrogens (tertiary/aromatic N) is 4. The summed E-state index contributed by atoms with van der Waals surface area (Å²) >= 11 is 0. The van der Waals surface area contributed by atoms with Gasteiger partial charge in [0.2, 0.25) is 11.9 Å². The van der Waals surface area contributed by atoms with Crippen LogP contribution in [-0.4, -0.2) is 64.0 Å². The van der Waals surface area contributed by atoms with Crippen LogP contribution in [0, 0.1) is 0 Å². The third-order valence-corrected chi connectivity index (χ3v) is 4.90. The molecule has 0 radical (unpaired) electrons. The molecule has 1 saturated heterocycles. The highest BCUT2D eigenvalue weighted by atomic mass is 16.2. The van der Waals surface area contributed by atoms with E-state index in [9.17, 15) is 9.59 Å². The van der Waals surface area contributed by atoms with Crippen molar-refractivity contribution in [2.45, 2.75) is 13.0 Å². The van der Waals surface area contributed by atoms with E-state index in [1.807, 2.05) is 42.5 Å². The number of rotatable bonds is 4. The molecule has 4 rings (SSSR count). The third-order valence-electron chi connectivity index (χ3n) is 4.90. The second-order valence-corrected chi connectivity index (χ2v) is 6.93. The van der Waals surface area contributed by atoms with E-state index in [2.05, 4.69) is 30.5 Å². The molecule has 29 heavy (non-hydrogen) atoms. The van der Waals surface area contributed by atoms with Gasteiger partial charge in [-0.3, -0.25) is 10.1 Å². The number of fused-ring (bicyclic) bond motifs is 1. The number of amides is 3. The van der Waals surface area contributed by atoms with Crippen molar-refractivity contribution in [1.29, 1.82) is 0 Å². The van der Waals surface area contributed by atoms with E-state index in [0.717, 1.165) is 16.9 Å². The Labute approximate surface area is 168 Å². The number of aromatic amines is 1. The summed E-state index contributed by atoms with van der Waals surface area (Å²) in [6.07, 6.45) is 1.76. The lowest BCUT2D eigenvalue weighted by Gasteiger charge is -2.35. The summed E-state index contributed by atoms with van der Waals surface area (Å²) in [5.41, 5.74) is 1.61. The number of nitrogens with one attached hydrogen (secondary N) is 3. The van der Waals surface area contributed by atoms with Crippen LogP contribution in [0.2, 0.25) is 0 Å². The van der Waals surface area contributed by atoms with Crippen molar-refractivity contribution in [2.75, 3.05) is 36.4 Å². The number of imidazole rings is 1. The highest BCUT2D eigenvalue weighted by Gasteiger charge is 2.24. The lowest BCUT2D eigenvalue weighted by atomic mass is 10.3. The molecule has 0 spiro atoms. The quantitative estimate of drug-likeness (QED) is 0.627. The normalized spacial score (nSPS) is 15.2. The third kappa shape index (κ3) is 4.29. The Morgan fingerprint density at radius 1 is 1.07 bits per heavy atom. The van der Waals surface area contributed by atoms with Crippen molar-refractivity contribution >= 4 is 34.7 Å². The molecule has 1 atom stereocenters. The summed E-state index contributed by atoms with van der Waals surface area (Å²) in [5, 5.41) is 5.47. The number of H-pyrrole nitrogens is 1. The van der Waals surface area contributed by atoms with Gasteiger partial charge in [-0.15, -0.1) is 0 Å². The molecule has 150 valence electrons. The first-order chi connectivity index (χ1) is 14.1. The first-order valence-corrected chi connectivity index (χ1v) is 9.57. The zero-order chi connectivity index (χ0) is 20.2. The van der Waals surface area contributed by atoms with Crippen molar-refractivity contribution in [2.24, 2.45) is 0 Å². The van der Waals surface area contributed by atoms with E-state index in [4.69, 9.17) is 0 Å². The smallest absolute Gasteiger partial charge is 0.318 e. The van der Waals surface area contributed by atoms with Gasteiger partial charge in [-0.2, -0.15) is 0 Å². The first-order valence-electron chi connectivity index (χ1n) is 9.57. The second-order valence-electron chi connectivity index (χ2n) is 6.93. The molecule has 3 N–H and O–H groups in total. The van der Waals surface area contributed by atoms with Crippen LogP contribution in [0.4, 0.5) is 16.6 Å². The molecule has 1 fully saturated rings. The molecular weight excluding hydrogens is 370 g/mol. The fourth-order valence-corrected chi connectivity index (χ4v) is 3.26. The number of urea groups is 1. The van der Waals surface area contributed by atoms with E-state index in [0.29, 0.717) is 32.1 Å². The van der Waals surface area contributed by atoms with Gasteiger partial charge in [-0.1, -0.05) is 18.2 Å². The Morgan fingerprint density at radius 2 is 1.83 bits per heavy atom. The minimum Gasteiger partial charge on any atom is -0.353 e. The number of anilines is 2. The zero-order valence-electron chi connectivity index (χ0n) is 16.1. The number of hydrogen-bond acceptors (Lipinski definition) is 5. The molecule has 1 unspecified atom stereocenters. The van der Waals surface area contributed by atoms with Gasteiger partial charge in [0.1, 0.15) is 11.9 Å². The van der Waals surface area contributed by atoms with E-state index in [1.165, 1.54) is 0 Å². The van der Waals surface area contributed by atoms with Crippen molar-refractivity contribution in [1.82, 2.24) is 25.2 Å². The number of aromatic nitrogens is 3. The van der Waals surface area contributed by atoms with Gasteiger partial charge in [-0.05, 0) is 31.2 Å². The number of hydrogen-bond donors (Lipinski definition) is 3. The second kappa shape index (κ2) is 8.17. The zero-order valence-corrected chi connectivity index (χ0v) is 16.1. The monoisotopic (exact) mass is 393 g/mol. The predicted molar refractivity (Wildman–Crippen MR) is 111 cm³/mol. The highest BCUT2D eigenvalue weighted by Crippen LogP contribution is 2.14. The molecule has 3 heterocycles. The largest absolute Gasteiger partial charge is 0.353 e. The number of benzene rings is 1. The van der Waals surface area contributed by atoms with Crippen LogP contribution in [0.25, 0.3) is 11.0 Å². The van der Waals surface area contributed by atoms with Gasteiger partial charge in [0.15, 0.2) is 0 Å². The Morgan fingerprint density at radius 3 is 2.55 bits per heavy atom. The Balaban J connectivity index is 1.28. The molecule has 9 heteroatoms. The lowest BCUT2D eigenvalue weighted by molar-refractivity contribution is -0.117. The van der Waals surface area contributed by atoms with Crippen molar-refractivity contribution in [3.8, 4) is 0 Å². The van der Waals surface area contributed by atoms with Gasteiger partial charge in [-0.25, -0.2) is 14.8 Å². The summed E-state index contributed by atoms with van der Waals surface area (Å²) in [6, 6.07) is 12.4. The summed E-state index contributed by atoms with van der Waals surface area (Å²) in [4.78, 5) is 40.5. The van der Waals surface area contributed by atoms with Crippen molar-refractivity contribution in [3.05, 3.63) is 48.7 Å². The molecule has 1 aromatic carbocycles. The molecule has 0 bridgehead atoms. The topological polar surface area (TPSA) is 106 Å². The average molecular weight is 393 g/mol. The van der Waals surface area contributed by atoms with Crippen molar-refractivity contribution < 1.29 is 9.59 Å². The number of para-hydroxylation sites is 2. The molecule has 0 aliphatic carbocycles.